The number of carbonyl (C=O) groups excluding carboxylic acids is 2. The molecule has 1 fully saturated rings. The molecule has 0 saturated carbocycles. The van der Waals surface area contributed by atoms with Crippen molar-refractivity contribution in [1.82, 2.24) is 4.90 Å². The number of nitrogens with two attached hydrogens (primary N) is 2. The first kappa shape index (κ1) is 12.2. The van der Waals surface area contributed by atoms with Crippen LogP contribution >= 0.6 is 0 Å². The van der Waals surface area contributed by atoms with Gasteiger partial charge in [-0.25, -0.2) is 0 Å². The van der Waals surface area contributed by atoms with E-state index >= 15 is 0 Å². The summed E-state index contributed by atoms with van der Waals surface area (Å²) in [6.07, 6.45) is 0.585. The molecule has 6 heteroatoms. The van der Waals surface area contributed by atoms with Gasteiger partial charge >= 0.3 is 0 Å². The lowest BCUT2D eigenvalue weighted by Crippen LogP contribution is -2.31. The Morgan fingerprint density at radius 3 is 2.67 bits per heavy atom. The summed E-state index contributed by atoms with van der Waals surface area (Å²) in [5, 5.41) is 9.46. The summed E-state index contributed by atoms with van der Waals surface area (Å²) in [6, 6.07) is 4.36. The number of amides is 2. The first-order valence-electron chi connectivity index (χ1n) is 5.66. The van der Waals surface area contributed by atoms with Crippen LogP contribution in [0.3, 0.4) is 0 Å². The number of phenols is 1. The highest BCUT2D eigenvalue weighted by Gasteiger charge is 2.30. The zero-order valence-corrected chi connectivity index (χ0v) is 9.80. The monoisotopic (exact) mass is 249 g/mol. The van der Waals surface area contributed by atoms with Crippen molar-refractivity contribution in [2.75, 3.05) is 18.8 Å². The fourth-order valence-corrected chi connectivity index (χ4v) is 2.04. The number of hydrogen-bond donors (Lipinski definition) is 3. The highest BCUT2D eigenvalue weighted by Crippen LogP contribution is 2.23. The molecular formula is C12H15N3O3. The van der Waals surface area contributed by atoms with Crippen LogP contribution in [-0.2, 0) is 4.79 Å². The highest BCUT2D eigenvalue weighted by atomic mass is 16.3. The minimum absolute atomic E-state index is 0.119. The van der Waals surface area contributed by atoms with Crippen LogP contribution in [0.2, 0.25) is 0 Å². The molecule has 18 heavy (non-hydrogen) atoms. The van der Waals surface area contributed by atoms with Gasteiger partial charge in [0.15, 0.2) is 0 Å². The molecule has 2 amide bonds. The number of carbonyl (C=O) groups is 2. The Hall–Kier alpha value is -2.24. The lowest BCUT2D eigenvalue weighted by Gasteiger charge is -2.16. The summed E-state index contributed by atoms with van der Waals surface area (Å²) in [5.41, 5.74) is 11.3. The summed E-state index contributed by atoms with van der Waals surface area (Å²) >= 11 is 0. The van der Waals surface area contributed by atoms with Gasteiger partial charge < -0.3 is 21.5 Å². The van der Waals surface area contributed by atoms with Crippen molar-refractivity contribution >= 4 is 17.5 Å². The Kier molecular flexibility index (Phi) is 3.10. The molecular weight excluding hydrogens is 234 g/mol. The number of primary amides is 1. The summed E-state index contributed by atoms with van der Waals surface area (Å²) in [5.74, 6) is -1.01. The predicted molar refractivity (Wildman–Crippen MR) is 65.7 cm³/mol. The Bertz CT molecular complexity index is 501. The summed E-state index contributed by atoms with van der Waals surface area (Å²) in [4.78, 5) is 24.7. The number of aromatic hydroxyl groups is 1. The van der Waals surface area contributed by atoms with E-state index in [2.05, 4.69) is 0 Å². The SMILES string of the molecule is NC(=O)C1CCN(C(=O)c2ccc(N)c(O)c2)C1. The van der Waals surface area contributed by atoms with Crippen LogP contribution in [0.15, 0.2) is 18.2 Å². The average Bonchev–Trinajstić information content (AvgIpc) is 2.81. The summed E-state index contributed by atoms with van der Waals surface area (Å²) in [6.45, 7) is 0.830. The molecule has 1 heterocycles. The topological polar surface area (TPSA) is 110 Å². The fourth-order valence-electron chi connectivity index (χ4n) is 2.04. The second-order valence-corrected chi connectivity index (χ2v) is 4.41. The van der Waals surface area contributed by atoms with Crippen molar-refractivity contribution in [3.8, 4) is 5.75 Å². The first-order chi connectivity index (χ1) is 8.49. The lowest BCUT2D eigenvalue weighted by molar-refractivity contribution is -0.121. The standard InChI is InChI=1S/C12H15N3O3/c13-9-2-1-7(5-10(9)16)12(18)15-4-3-8(6-15)11(14)17/h1-2,5,8,16H,3-4,6,13H2,(H2,14,17). The van der Waals surface area contributed by atoms with Crippen LogP contribution in [0, 0.1) is 5.92 Å². The third-order valence-corrected chi connectivity index (χ3v) is 3.16. The van der Waals surface area contributed by atoms with Gasteiger partial charge in [-0.05, 0) is 24.6 Å². The molecule has 0 radical (unpaired) electrons. The molecule has 1 aromatic rings. The maximum Gasteiger partial charge on any atom is 0.254 e. The molecule has 0 aliphatic carbocycles. The van der Waals surface area contributed by atoms with Crippen LogP contribution in [0.5, 0.6) is 5.75 Å². The Morgan fingerprint density at radius 1 is 1.39 bits per heavy atom. The zero-order valence-electron chi connectivity index (χ0n) is 9.80. The molecule has 1 saturated heterocycles. The van der Waals surface area contributed by atoms with E-state index in [-0.39, 0.29) is 29.2 Å². The molecule has 96 valence electrons. The molecule has 1 unspecified atom stereocenters. The molecule has 2 rings (SSSR count). The number of phenolic OH excluding ortho intramolecular Hbond substituents is 1. The maximum absolute atomic E-state index is 12.1. The number of anilines is 1. The van der Waals surface area contributed by atoms with E-state index < -0.39 is 0 Å². The number of nitrogens with zero attached hydrogens (tertiary/aromatic N) is 1. The molecule has 1 aromatic carbocycles. The highest BCUT2D eigenvalue weighted by molar-refractivity contribution is 5.95. The first-order valence-corrected chi connectivity index (χ1v) is 5.66. The van der Waals surface area contributed by atoms with E-state index in [4.69, 9.17) is 11.5 Å². The molecule has 1 atom stereocenters. The van der Waals surface area contributed by atoms with E-state index in [9.17, 15) is 14.7 Å². The smallest absolute Gasteiger partial charge is 0.254 e. The van der Waals surface area contributed by atoms with Gasteiger partial charge in [-0.15, -0.1) is 0 Å². The normalized spacial score (nSPS) is 18.9. The number of rotatable bonds is 2. The third-order valence-electron chi connectivity index (χ3n) is 3.16. The Morgan fingerprint density at radius 2 is 2.11 bits per heavy atom. The number of benzene rings is 1. The molecule has 0 spiro atoms. The number of nitrogen functional groups attached to an aromatic ring is 1. The number of hydrogen-bond acceptors (Lipinski definition) is 4. The van der Waals surface area contributed by atoms with E-state index in [0.717, 1.165) is 0 Å². The van der Waals surface area contributed by atoms with Gasteiger partial charge in [0.25, 0.3) is 5.91 Å². The quantitative estimate of drug-likeness (QED) is 0.503. The molecule has 5 N–H and O–H groups in total. The van der Waals surface area contributed by atoms with Crippen molar-refractivity contribution in [2.24, 2.45) is 11.7 Å². The third kappa shape index (κ3) is 2.22. The van der Waals surface area contributed by atoms with Gasteiger partial charge in [0, 0.05) is 18.7 Å². The van der Waals surface area contributed by atoms with Gasteiger partial charge in [0.05, 0.1) is 11.6 Å². The van der Waals surface area contributed by atoms with Crippen LogP contribution in [0.1, 0.15) is 16.8 Å². The maximum atomic E-state index is 12.1. The molecule has 1 aliphatic heterocycles. The van der Waals surface area contributed by atoms with Crippen LogP contribution in [0.4, 0.5) is 5.69 Å². The van der Waals surface area contributed by atoms with Gasteiger partial charge in [0.1, 0.15) is 5.75 Å². The zero-order chi connectivity index (χ0) is 13.3. The average molecular weight is 249 g/mol. The van der Waals surface area contributed by atoms with Gasteiger partial charge in [-0.1, -0.05) is 0 Å². The Labute approximate surface area is 104 Å². The van der Waals surface area contributed by atoms with Crippen molar-refractivity contribution < 1.29 is 14.7 Å². The van der Waals surface area contributed by atoms with Crippen molar-refractivity contribution in [3.05, 3.63) is 23.8 Å². The van der Waals surface area contributed by atoms with Crippen molar-refractivity contribution in [2.45, 2.75) is 6.42 Å². The summed E-state index contributed by atoms with van der Waals surface area (Å²) in [7, 11) is 0. The van der Waals surface area contributed by atoms with Crippen LogP contribution < -0.4 is 11.5 Å². The Balaban J connectivity index is 2.12. The van der Waals surface area contributed by atoms with E-state index in [1.54, 1.807) is 11.0 Å². The summed E-state index contributed by atoms with van der Waals surface area (Å²) < 4.78 is 0. The van der Waals surface area contributed by atoms with Gasteiger partial charge in [-0.2, -0.15) is 0 Å². The number of likely N-dealkylation sites (tertiary alicyclic amines) is 1. The fraction of sp³-hybridized carbons (Fsp3) is 0.333. The minimum Gasteiger partial charge on any atom is -0.506 e. The van der Waals surface area contributed by atoms with E-state index in [0.29, 0.717) is 25.1 Å². The van der Waals surface area contributed by atoms with Gasteiger partial charge in [0.2, 0.25) is 5.91 Å². The van der Waals surface area contributed by atoms with Crippen molar-refractivity contribution in [1.29, 1.82) is 0 Å². The minimum atomic E-state index is -0.384. The largest absolute Gasteiger partial charge is 0.506 e. The molecule has 0 aromatic heterocycles. The second kappa shape index (κ2) is 4.56. The molecule has 0 bridgehead atoms. The van der Waals surface area contributed by atoms with Crippen molar-refractivity contribution in [3.63, 3.8) is 0 Å². The van der Waals surface area contributed by atoms with E-state index in [1.807, 2.05) is 0 Å². The van der Waals surface area contributed by atoms with E-state index in [1.165, 1.54) is 12.1 Å². The molecule has 6 nitrogen and oxygen atoms in total. The van der Waals surface area contributed by atoms with Crippen LogP contribution in [-0.4, -0.2) is 34.9 Å². The second-order valence-electron chi connectivity index (χ2n) is 4.41. The predicted octanol–water partition coefficient (Wildman–Crippen LogP) is -0.0782. The lowest BCUT2D eigenvalue weighted by atomic mass is 10.1. The van der Waals surface area contributed by atoms with Gasteiger partial charge in [-0.3, -0.25) is 9.59 Å². The van der Waals surface area contributed by atoms with Crippen LogP contribution in [0.25, 0.3) is 0 Å². The molecule has 1 aliphatic rings.